The maximum atomic E-state index is 9.17. The van der Waals surface area contributed by atoms with Crippen LogP contribution in [-0.4, -0.2) is 29.7 Å². The SMILES string of the molecule is C=CCN(CCO)C1CCCc2ccccc21. The molecule has 0 spiro atoms. The highest BCUT2D eigenvalue weighted by Crippen LogP contribution is 2.33. The number of nitrogens with zero attached hydrogens (tertiary/aromatic N) is 1. The average molecular weight is 231 g/mol. The first-order chi connectivity index (χ1) is 8.36. The molecule has 0 heterocycles. The Morgan fingerprint density at radius 1 is 1.41 bits per heavy atom. The van der Waals surface area contributed by atoms with Crippen molar-refractivity contribution in [3.63, 3.8) is 0 Å². The number of aliphatic hydroxyl groups excluding tert-OH is 1. The van der Waals surface area contributed by atoms with Gasteiger partial charge in [-0.05, 0) is 30.4 Å². The van der Waals surface area contributed by atoms with Gasteiger partial charge < -0.3 is 5.11 Å². The Labute approximate surface area is 104 Å². The van der Waals surface area contributed by atoms with Gasteiger partial charge >= 0.3 is 0 Å². The van der Waals surface area contributed by atoms with Gasteiger partial charge in [-0.1, -0.05) is 30.3 Å². The van der Waals surface area contributed by atoms with Gasteiger partial charge in [0.2, 0.25) is 0 Å². The van der Waals surface area contributed by atoms with Gasteiger partial charge in [0, 0.05) is 19.1 Å². The molecule has 0 bridgehead atoms. The zero-order valence-corrected chi connectivity index (χ0v) is 10.3. The quantitative estimate of drug-likeness (QED) is 0.787. The van der Waals surface area contributed by atoms with E-state index in [0.717, 1.165) is 13.1 Å². The van der Waals surface area contributed by atoms with Crippen LogP contribution in [0.5, 0.6) is 0 Å². The summed E-state index contributed by atoms with van der Waals surface area (Å²) in [5, 5.41) is 9.17. The van der Waals surface area contributed by atoms with Gasteiger partial charge in [0.25, 0.3) is 0 Å². The molecule has 0 aliphatic heterocycles. The first-order valence-corrected chi connectivity index (χ1v) is 6.40. The minimum absolute atomic E-state index is 0.215. The molecule has 2 heteroatoms. The van der Waals surface area contributed by atoms with Crippen LogP contribution in [0.4, 0.5) is 0 Å². The van der Waals surface area contributed by atoms with Crippen LogP contribution in [0.3, 0.4) is 0 Å². The maximum absolute atomic E-state index is 9.17. The lowest BCUT2D eigenvalue weighted by Gasteiger charge is -2.35. The van der Waals surface area contributed by atoms with Crippen LogP contribution in [-0.2, 0) is 6.42 Å². The Kier molecular flexibility index (Phi) is 4.35. The van der Waals surface area contributed by atoms with Crippen molar-refractivity contribution in [1.82, 2.24) is 4.90 Å². The molecule has 0 radical (unpaired) electrons. The number of benzene rings is 1. The fraction of sp³-hybridized carbons (Fsp3) is 0.467. The van der Waals surface area contributed by atoms with Crippen molar-refractivity contribution in [2.45, 2.75) is 25.3 Å². The Morgan fingerprint density at radius 2 is 2.24 bits per heavy atom. The van der Waals surface area contributed by atoms with Crippen molar-refractivity contribution in [3.8, 4) is 0 Å². The molecule has 1 aromatic rings. The zero-order chi connectivity index (χ0) is 12.1. The van der Waals surface area contributed by atoms with Crippen LogP contribution < -0.4 is 0 Å². The average Bonchev–Trinajstić information content (AvgIpc) is 2.38. The third-order valence-electron chi connectivity index (χ3n) is 3.53. The summed E-state index contributed by atoms with van der Waals surface area (Å²) in [6, 6.07) is 9.14. The van der Waals surface area contributed by atoms with Crippen molar-refractivity contribution in [2.24, 2.45) is 0 Å². The molecule has 1 atom stereocenters. The minimum atomic E-state index is 0.215. The van der Waals surface area contributed by atoms with Gasteiger partial charge in [0.05, 0.1) is 6.61 Å². The molecule has 1 aromatic carbocycles. The lowest BCUT2D eigenvalue weighted by molar-refractivity contribution is 0.152. The van der Waals surface area contributed by atoms with Gasteiger partial charge in [0.1, 0.15) is 0 Å². The molecule has 2 nitrogen and oxygen atoms in total. The second-order valence-electron chi connectivity index (χ2n) is 4.61. The number of hydrogen-bond donors (Lipinski definition) is 1. The molecule has 0 amide bonds. The van der Waals surface area contributed by atoms with E-state index in [0.29, 0.717) is 6.04 Å². The molecule has 1 N–H and O–H groups in total. The fourth-order valence-corrected chi connectivity index (χ4v) is 2.78. The van der Waals surface area contributed by atoms with E-state index in [1.807, 2.05) is 6.08 Å². The summed E-state index contributed by atoms with van der Waals surface area (Å²) in [6.07, 6.45) is 5.53. The highest BCUT2D eigenvalue weighted by molar-refractivity contribution is 5.32. The molecule has 0 saturated carbocycles. The van der Waals surface area contributed by atoms with Crippen molar-refractivity contribution >= 4 is 0 Å². The molecular formula is C15H21NO. The van der Waals surface area contributed by atoms with Crippen molar-refractivity contribution in [1.29, 1.82) is 0 Å². The van der Waals surface area contributed by atoms with E-state index in [1.165, 1.54) is 30.4 Å². The summed E-state index contributed by atoms with van der Waals surface area (Å²) in [7, 11) is 0. The third kappa shape index (κ3) is 2.76. The Hall–Kier alpha value is -1.12. The molecule has 0 fully saturated rings. The third-order valence-corrected chi connectivity index (χ3v) is 3.53. The number of fused-ring (bicyclic) bond motifs is 1. The summed E-state index contributed by atoms with van der Waals surface area (Å²) in [6.45, 7) is 5.60. The van der Waals surface area contributed by atoms with Gasteiger partial charge in [-0.25, -0.2) is 0 Å². The van der Waals surface area contributed by atoms with Crippen LogP contribution >= 0.6 is 0 Å². The number of hydrogen-bond acceptors (Lipinski definition) is 2. The van der Waals surface area contributed by atoms with Crippen LogP contribution in [0, 0.1) is 0 Å². The maximum Gasteiger partial charge on any atom is 0.0558 e. The van der Waals surface area contributed by atoms with E-state index < -0.39 is 0 Å². The predicted octanol–water partition coefficient (Wildman–Crippen LogP) is 2.54. The minimum Gasteiger partial charge on any atom is -0.395 e. The van der Waals surface area contributed by atoms with E-state index in [2.05, 4.69) is 35.7 Å². The molecule has 1 unspecified atom stereocenters. The summed E-state index contributed by atoms with van der Waals surface area (Å²) in [5.41, 5.74) is 2.91. The smallest absolute Gasteiger partial charge is 0.0558 e. The summed E-state index contributed by atoms with van der Waals surface area (Å²) in [5.74, 6) is 0. The highest BCUT2D eigenvalue weighted by Gasteiger charge is 2.24. The van der Waals surface area contributed by atoms with Gasteiger partial charge in [0.15, 0.2) is 0 Å². The molecule has 17 heavy (non-hydrogen) atoms. The van der Waals surface area contributed by atoms with E-state index >= 15 is 0 Å². The number of rotatable bonds is 5. The lowest BCUT2D eigenvalue weighted by Crippen LogP contribution is -2.33. The normalized spacial score (nSPS) is 19.1. The lowest BCUT2D eigenvalue weighted by atomic mass is 9.87. The zero-order valence-electron chi connectivity index (χ0n) is 10.3. The van der Waals surface area contributed by atoms with Crippen LogP contribution in [0.25, 0.3) is 0 Å². The molecule has 92 valence electrons. The van der Waals surface area contributed by atoms with Crippen molar-refractivity contribution in [2.75, 3.05) is 19.7 Å². The van der Waals surface area contributed by atoms with Crippen LogP contribution in [0.2, 0.25) is 0 Å². The Bertz CT molecular complexity index is 375. The van der Waals surface area contributed by atoms with E-state index in [4.69, 9.17) is 5.11 Å². The van der Waals surface area contributed by atoms with Crippen LogP contribution in [0.15, 0.2) is 36.9 Å². The van der Waals surface area contributed by atoms with Crippen molar-refractivity contribution < 1.29 is 5.11 Å². The predicted molar refractivity (Wildman–Crippen MR) is 71.0 cm³/mol. The first kappa shape index (κ1) is 12.3. The second-order valence-corrected chi connectivity index (χ2v) is 4.61. The molecule has 0 saturated heterocycles. The van der Waals surface area contributed by atoms with Crippen molar-refractivity contribution in [3.05, 3.63) is 48.0 Å². The summed E-state index contributed by atoms with van der Waals surface area (Å²) < 4.78 is 0. The Balaban J connectivity index is 2.23. The molecular weight excluding hydrogens is 210 g/mol. The first-order valence-electron chi connectivity index (χ1n) is 6.40. The standard InChI is InChI=1S/C15H21NO/c1-2-10-16(11-12-17)15-9-5-7-13-6-3-4-8-14(13)15/h2-4,6,8,15,17H,1,5,7,9-12H2. The van der Waals surface area contributed by atoms with Gasteiger partial charge in [-0.3, -0.25) is 4.90 Å². The molecule has 1 aliphatic carbocycles. The largest absolute Gasteiger partial charge is 0.395 e. The molecule has 0 aromatic heterocycles. The van der Waals surface area contributed by atoms with E-state index in [-0.39, 0.29) is 6.61 Å². The second kappa shape index (κ2) is 5.99. The summed E-state index contributed by atoms with van der Waals surface area (Å²) in [4.78, 5) is 2.32. The topological polar surface area (TPSA) is 23.5 Å². The summed E-state index contributed by atoms with van der Waals surface area (Å²) >= 11 is 0. The number of aliphatic hydroxyl groups is 1. The highest BCUT2D eigenvalue weighted by atomic mass is 16.3. The van der Waals surface area contributed by atoms with Crippen LogP contribution in [0.1, 0.15) is 30.0 Å². The monoisotopic (exact) mass is 231 g/mol. The number of aryl methyl sites for hydroxylation is 1. The Morgan fingerprint density at radius 3 is 3.00 bits per heavy atom. The van der Waals surface area contributed by atoms with E-state index in [9.17, 15) is 0 Å². The van der Waals surface area contributed by atoms with Gasteiger partial charge in [-0.2, -0.15) is 0 Å². The molecule has 2 rings (SSSR count). The van der Waals surface area contributed by atoms with Gasteiger partial charge in [-0.15, -0.1) is 6.58 Å². The fourth-order valence-electron chi connectivity index (χ4n) is 2.78. The van der Waals surface area contributed by atoms with E-state index in [1.54, 1.807) is 0 Å². The molecule has 1 aliphatic rings.